The monoisotopic (exact) mass is 1420 g/mol. The maximum atomic E-state index is 12.1. The minimum absolute atomic E-state index is 0. The van der Waals surface area contributed by atoms with Gasteiger partial charge >= 0.3 is 49.5 Å². The van der Waals surface area contributed by atoms with E-state index in [1.54, 1.807) is 151 Å². The molecule has 0 aromatic heterocycles. The Morgan fingerprint density at radius 1 is 0.309 bits per heavy atom. The fourth-order valence-corrected chi connectivity index (χ4v) is 10.0. The van der Waals surface area contributed by atoms with Crippen LogP contribution in [0, 0.1) is 0 Å². The Hall–Kier alpha value is -4.54. The smallest absolute Gasteiger partial charge is 0.872 e. The summed E-state index contributed by atoms with van der Waals surface area (Å²) < 4.78 is 7.56. The van der Waals surface area contributed by atoms with Crippen molar-refractivity contribution in [1.29, 1.82) is 0 Å². The molecule has 0 N–H and O–H groups in total. The molecule has 0 aliphatic carbocycles. The number of nitrogens with zero attached hydrogens (tertiary/aromatic N) is 12. The summed E-state index contributed by atoms with van der Waals surface area (Å²) in [7, 11) is 9.95. The molecule has 6 aromatic carbocycles. The van der Waals surface area contributed by atoms with Crippen molar-refractivity contribution in [2.24, 2.45) is 30.6 Å². The van der Waals surface area contributed by atoms with E-state index in [1.165, 1.54) is 102 Å². The first kappa shape index (κ1) is 76.5. The van der Waals surface area contributed by atoms with Crippen LogP contribution in [0.1, 0.15) is 33.4 Å². The molecule has 0 radical (unpaired) electrons. The number of hydrogen-bond donors (Lipinski definition) is 0. The van der Waals surface area contributed by atoms with Crippen LogP contribution in [0.4, 0.5) is 0 Å². The molecule has 0 amide bonds. The summed E-state index contributed by atoms with van der Waals surface area (Å²) in [5.41, 5.74) is 2.41. The van der Waals surface area contributed by atoms with E-state index in [9.17, 15) is 30.6 Å². The SMILES string of the molecule is CN(/N=C/c1ccccc1[O-])P(=S)(N(C)/N=C/c1ccccc1[O-])N(C)/N=C/c1ccccc1[O-].CN(/N=C/c1ccccc1[O-])P(=S)(N(C)/N=C/c1ccccc1[O-])N(C)/N=C/c1ccccc1[O-].ClC(Cl)Cl.ClC(Cl)Cl.[Ni+2].[Ni+2].[Ni+2]. The Balaban J connectivity index is 0.00000135. The summed E-state index contributed by atoms with van der Waals surface area (Å²) in [5, 5.41) is 98.9. The second-order valence-electron chi connectivity index (χ2n) is 15.2. The standard InChI is InChI=1S/2C24H27N6O3PS.2CHCl3.3Ni/c2*1-28(25-16-19-10-4-7-13-22(19)31)34(35,29(2)26-17-20-11-5-8-14-23(20)32)30(3)27-18-21-12-6-9-15-24(21)33;2*2-1(3)4;;;/h2*4-18,31-33H,1-3H3;2*1H;;;/q;;;;3*+2/p-6/b2*25-16+,26-17+,27-18+;;;;;. The van der Waals surface area contributed by atoms with Crippen molar-refractivity contribution in [3.8, 4) is 34.5 Å². The number of halogens is 6. The predicted octanol–water partition coefficient (Wildman–Crippen LogP) is 8.62. The molecule has 0 bridgehead atoms. The van der Waals surface area contributed by atoms with Gasteiger partial charge in [0.2, 0.25) is 0 Å². The van der Waals surface area contributed by atoms with Crippen molar-refractivity contribution in [3.05, 3.63) is 179 Å². The molecule has 0 atom stereocenters. The van der Waals surface area contributed by atoms with Gasteiger partial charge < -0.3 is 30.6 Å². The van der Waals surface area contributed by atoms with Gasteiger partial charge in [0.25, 0.3) is 13.0 Å². The first-order chi connectivity index (χ1) is 36.9. The molecule has 6 rings (SSSR count). The predicted molar refractivity (Wildman–Crippen MR) is 319 cm³/mol. The van der Waals surface area contributed by atoms with E-state index in [2.05, 4.69) is 30.6 Å². The van der Waals surface area contributed by atoms with Gasteiger partial charge in [-0.1, -0.05) is 250 Å². The average molecular weight is 1430 g/mol. The van der Waals surface area contributed by atoms with Crippen molar-refractivity contribution < 1.29 is 80.1 Å². The summed E-state index contributed by atoms with van der Waals surface area (Å²) in [6.45, 7) is -6.03. The summed E-state index contributed by atoms with van der Waals surface area (Å²) in [4.78, 5) is 0. The number of hydrogen-bond acceptors (Lipinski definition) is 14. The molecular formula is C50H50Cl6N12Ni3O6P2S2. The van der Waals surface area contributed by atoms with Crippen molar-refractivity contribution in [1.82, 2.24) is 28.7 Å². The Labute approximate surface area is 542 Å². The van der Waals surface area contributed by atoms with E-state index in [4.69, 9.17) is 93.2 Å². The molecule has 0 spiro atoms. The maximum absolute atomic E-state index is 12.1. The first-order valence-corrected chi connectivity index (χ1v) is 30.2. The van der Waals surface area contributed by atoms with Crippen molar-refractivity contribution in [2.75, 3.05) is 42.3 Å². The van der Waals surface area contributed by atoms with Crippen LogP contribution in [0.3, 0.4) is 0 Å². The van der Waals surface area contributed by atoms with Crippen LogP contribution < -0.4 is 30.6 Å². The molecule has 0 saturated heterocycles. The number of para-hydroxylation sites is 6. The van der Waals surface area contributed by atoms with Crippen LogP contribution in [0.2, 0.25) is 0 Å². The zero-order valence-electron chi connectivity index (χ0n) is 43.2. The topological polar surface area (TPSA) is 232 Å². The zero-order valence-corrected chi connectivity index (χ0v) is 54.1. The van der Waals surface area contributed by atoms with Crippen LogP contribution in [0.5, 0.6) is 34.5 Å². The molecule has 0 fully saturated rings. The van der Waals surface area contributed by atoms with Gasteiger partial charge in [0.05, 0.1) is 37.3 Å². The Morgan fingerprint density at radius 3 is 0.531 bits per heavy atom. The normalized spacial score (nSPS) is 11.2. The molecule has 0 saturated carbocycles. The fourth-order valence-electron chi connectivity index (χ4n) is 5.93. The van der Waals surface area contributed by atoms with E-state index in [0.717, 1.165) is 0 Å². The molecule has 31 heteroatoms. The van der Waals surface area contributed by atoms with Crippen LogP contribution in [0.15, 0.2) is 176 Å². The third kappa shape index (κ3) is 25.1. The second kappa shape index (κ2) is 39.1. The zero-order chi connectivity index (χ0) is 58.0. The average Bonchev–Trinajstić information content (AvgIpc) is 3.40. The molecule has 6 aromatic rings. The molecule has 440 valence electrons. The molecule has 0 aliphatic rings. The molecule has 0 unspecified atom stereocenters. The van der Waals surface area contributed by atoms with Crippen molar-refractivity contribution in [3.63, 3.8) is 0 Å². The Morgan fingerprint density at radius 2 is 0.420 bits per heavy atom. The maximum Gasteiger partial charge on any atom is 2.00 e. The van der Waals surface area contributed by atoms with E-state index in [1.807, 2.05) is 0 Å². The molecule has 0 aliphatic heterocycles. The molecular weight excluding hydrogens is 1380 g/mol. The summed E-state index contributed by atoms with van der Waals surface area (Å²) >= 11 is 40.9. The molecule has 18 nitrogen and oxygen atoms in total. The quantitative estimate of drug-likeness (QED) is 0.0258. The van der Waals surface area contributed by atoms with Crippen molar-refractivity contribution >= 4 is 143 Å². The number of rotatable bonds is 18. The summed E-state index contributed by atoms with van der Waals surface area (Å²) in [5.74, 6) is -1.03. The van der Waals surface area contributed by atoms with Gasteiger partial charge in [-0.25, -0.2) is 28.7 Å². The first-order valence-electron chi connectivity index (χ1n) is 22.2. The number of benzene rings is 6. The van der Waals surface area contributed by atoms with Gasteiger partial charge in [-0.3, -0.25) is 0 Å². The van der Waals surface area contributed by atoms with Gasteiger partial charge in [-0.15, -0.1) is 0 Å². The van der Waals surface area contributed by atoms with E-state index < -0.39 is 21.6 Å². The summed E-state index contributed by atoms with van der Waals surface area (Å²) in [6.07, 6.45) is 8.57. The third-order valence-electron chi connectivity index (χ3n) is 9.96. The third-order valence-corrected chi connectivity index (χ3v) is 19.4. The van der Waals surface area contributed by atoms with E-state index in [-0.39, 0.29) is 84.0 Å². The number of hydrazone groups is 6. The number of alkyl halides is 6. The van der Waals surface area contributed by atoms with Crippen molar-refractivity contribution in [2.45, 2.75) is 8.59 Å². The summed E-state index contributed by atoms with van der Waals surface area (Å²) in [6, 6.07) is 39.0. The van der Waals surface area contributed by atoms with Gasteiger partial charge in [0, 0.05) is 42.3 Å². The van der Waals surface area contributed by atoms with Crippen LogP contribution in [-0.2, 0) is 73.1 Å². The Kier molecular flexibility index (Phi) is 36.9. The van der Waals surface area contributed by atoms with Crippen LogP contribution in [0.25, 0.3) is 0 Å². The van der Waals surface area contributed by atoms with Gasteiger partial charge in [-0.2, -0.15) is 30.6 Å². The second-order valence-corrected chi connectivity index (χ2v) is 27.6. The largest absolute Gasteiger partial charge is 2.00 e. The van der Waals surface area contributed by atoms with Gasteiger partial charge in [-0.05, 0) is 57.0 Å². The minimum atomic E-state index is -3.02. The fraction of sp³-hybridized carbons (Fsp3) is 0.160. The minimum Gasteiger partial charge on any atom is -0.872 e. The van der Waals surface area contributed by atoms with Crippen LogP contribution in [-0.4, -0.2) is 117 Å². The molecule has 0 heterocycles. The van der Waals surface area contributed by atoms with Crippen LogP contribution >= 0.6 is 82.6 Å². The molecule has 81 heavy (non-hydrogen) atoms. The van der Waals surface area contributed by atoms with E-state index >= 15 is 0 Å². The van der Waals surface area contributed by atoms with Gasteiger partial charge in [0.15, 0.2) is 8.59 Å². The van der Waals surface area contributed by atoms with E-state index in [0.29, 0.717) is 33.4 Å². The Bertz CT molecular complexity index is 2630. The van der Waals surface area contributed by atoms with Gasteiger partial charge in [0.1, 0.15) is 0 Å².